The summed E-state index contributed by atoms with van der Waals surface area (Å²) in [5.74, 6) is -0.136. The molecule has 0 radical (unpaired) electrons. The Labute approximate surface area is 110 Å². The van der Waals surface area contributed by atoms with E-state index in [1.165, 1.54) is 7.11 Å². The van der Waals surface area contributed by atoms with Gasteiger partial charge < -0.3 is 14.0 Å². The van der Waals surface area contributed by atoms with E-state index in [-0.39, 0.29) is 5.75 Å². The first-order chi connectivity index (χ1) is 8.33. The van der Waals surface area contributed by atoms with Gasteiger partial charge in [0, 0.05) is 11.2 Å². The van der Waals surface area contributed by atoms with Gasteiger partial charge in [0.2, 0.25) is 5.75 Å². The van der Waals surface area contributed by atoms with Crippen molar-refractivity contribution in [1.82, 2.24) is 0 Å². The summed E-state index contributed by atoms with van der Waals surface area (Å²) >= 11 is -1.46. The molecule has 0 aromatic heterocycles. The Morgan fingerprint density at radius 2 is 1.94 bits per heavy atom. The lowest BCUT2D eigenvalue weighted by atomic mass is 10.2. The highest BCUT2D eigenvalue weighted by atomic mass is 32.2. The summed E-state index contributed by atoms with van der Waals surface area (Å²) in [6, 6.07) is 6.93. The SMILES string of the molecule is COc1ccccc1[S+]([O-])CC(=O)OC(C)(C)C. The van der Waals surface area contributed by atoms with Crippen molar-refractivity contribution in [3.63, 3.8) is 0 Å². The normalized spacial score (nSPS) is 12.9. The highest BCUT2D eigenvalue weighted by Crippen LogP contribution is 2.24. The van der Waals surface area contributed by atoms with Crippen molar-refractivity contribution in [3.8, 4) is 5.75 Å². The fraction of sp³-hybridized carbons (Fsp3) is 0.462. The van der Waals surface area contributed by atoms with Crippen LogP contribution in [-0.2, 0) is 20.7 Å². The Kier molecular flexibility index (Phi) is 5.04. The van der Waals surface area contributed by atoms with Gasteiger partial charge in [-0.3, -0.25) is 0 Å². The van der Waals surface area contributed by atoms with Crippen molar-refractivity contribution in [3.05, 3.63) is 24.3 Å². The molecule has 4 nitrogen and oxygen atoms in total. The summed E-state index contributed by atoms with van der Waals surface area (Å²) in [6.45, 7) is 5.32. The molecule has 18 heavy (non-hydrogen) atoms. The van der Waals surface area contributed by atoms with Crippen molar-refractivity contribution >= 4 is 17.1 Å². The number of esters is 1. The van der Waals surface area contributed by atoms with Gasteiger partial charge in [-0.2, -0.15) is 0 Å². The van der Waals surface area contributed by atoms with Crippen LogP contribution in [0.15, 0.2) is 29.2 Å². The van der Waals surface area contributed by atoms with Crippen LogP contribution in [0.2, 0.25) is 0 Å². The Morgan fingerprint density at radius 3 is 2.50 bits per heavy atom. The lowest BCUT2D eigenvalue weighted by molar-refractivity contribution is -0.151. The number of rotatable bonds is 4. The van der Waals surface area contributed by atoms with Crippen LogP contribution in [0.5, 0.6) is 5.75 Å². The first-order valence-corrected chi connectivity index (χ1v) is 6.88. The summed E-state index contributed by atoms with van der Waals surface area (Å²) in [5.41, 5.74) is -0.567. The van der Waals surface area contributed by atoms with Crippen molar-refractivity contribution < 1.29 is 18.8 Å². The second-order valence-electron chi connectivity index (χ2n) is 4.73. The predicted molar refractivity (Wildman–Crippen MR) is 70.1 cm³/mol. The van der Waals surface area contributed by atoms with Crippen LogP contribution < -0.4 is 4.74 Å². The van der Waals surface area contributed by atoms with Gasteiger partial charge in [0.05, 0.1) is 7.11 Å². The third kappa shape index (κ3) is 4.58. The van der Waals surface area contributed by atoms with Gasteiger partial charge in [-0.1, -0.05) is 12.1 Å². The molecule has 0 saturated heterocycles. The zero-order valence-electron chi connectivity index (χ0n) is 11.1. The molecule has 0 heterocycles. The van der Waals surface area contributed by atoms with Crippen LogP contribution in [0.4, 0.5) is 0 Å². The van der Waals surface area contributed by atoms with Crippen LogP contribution in [0.3, 0.4) is 0 Å². The molecule has 5 heteroatoms. The van der Waals surface area contributed by atoms with Crippen LogP contribution in [0.25, 0.3) is 0 Å². The van der Waals surface area contributed by atoms with Gasteiger partial charge in [-0.05, 0) is 32.9 Å². The quantitative estimate of drug-likeness (QED) is 0.621. The molecule has 0 saturated carbocycles. The lowest BCUT2D eigenvalue weighted by Crippen LogP contribution is -2.28. The first kappa shape index (κ1) is 14.9. The molecule has 1 aromatic rings. The molecule has 0 spiro atoms. The maximum absolute atomic E-state index is 12.1. The Bertz CT molecular complexity index is 412. The molecule has 100 valence electrons. The molecule has 0 aliphatic heterocycles. The fourth-order valence-electron chi connectivity index (χ4n) is 1.36. The minimum atomic E-state index is -1.46. The minimum Gasteiger partial charge on any atom is -0.611 e. The molecule has 0 N–H and O–H groups in total. The molecule has 0 bridgehead atoms. The summed E-state index contributed by atoms with van der Waals surface area (Å²) in [4.78, 5) is 12.1. The van der Waals surface area contributed by atoms with E-state index < -0.39 is 22.7 Å². The van der Waals surface area contributed by atoms with Gasteiger partial charge in [0.15, 0.2) is 10.6 Å². The number of para-hydroxylation sites is 1. The van der Waals surface area contributed by atoms with E-state index in [0.29, 0.717) is 10.6 Å². The number of carbonyl (C=O) groups is 1. The van der Waals surface area contributed by atoms with Gasteiger partial charge in [-0.15, -0.1) is 0 Å². The molecule has 0 fully saturated rings. The first-order valence-electron chi connectivity index (χ1n) is 5.57. The maximum Gasteiger partial charge on any atom is 0.357 e. The summed E-state index contributed by atoms with van der Waals surface area (Å²) in [7, 11) is 1.50. The number of hydrogen-bond donors (Lipinski definition) is 0. The van der Waals surface area contributed by atoms with E-state index in [9.17, 15) is 9.35 Å². The van der Waals surface area contributed by atoms with Gasteiger partial charge in [0.1, 0.15) is 5.60 Å². The molecular weight excluding hydrogens is 252 g/mol. The monoisotopic (exact) mass is 270 g/mol. The van der Waals surface area contributed by atoms with E-state index in [4.69, 9.17) is 9.47 Å². The molecule has 1 unspecified atom stereocenters. The van der Waals surface area contributed by atoms with Crippen LogP contribution >= 0.6 is 0 Å². The summed E-state index contributed by atoms with van der Waals surface area (Å²) in [5, 5.41) is 0. The Balaban J connectivity index is 2.70. The topological polar surface area (TPSA) is 58.6 Å². The van der Waals surface area contributed by atoms with E-state index >= 15 is 0 Å². The zero-order valence-corrected chi connectivity index (χ0v) is 11.9. The Morgan fingerprint density at radius 1 is 1.33 bits per heavy atom. The predicted octanol–water partition coefficient (Wildman–Crippen LogP) is 2.14. The second-order valence-corrected chi connectivity index (χ2v) is 6.15. The summed E-state index contributed by atoms with van der Waals surface area (Å²) in [6.07, 6.45) is 0. The molecule has 0 aliphatic rings. The lowest BCUT2D eigenvalue weighted by Gasteiger charge is -2.20. The van der Waals surface area contributed by atoms with E-state index in [2.05, 4.69) is 0 Å². The van der Waals surface area contributed by atoms with Crippen molar-refractivity contribution in [2.24, 2.45) is 0 Å². The van der Waals surface area contributed by atoms with Crippen molar-refractivity contribution in [2.45, 2.75) is 31.3 Å². The molecule has 1 atom stereocenters. The van der Waals surface area contributed by atoms with Crippen molar-refractivity contribution in [2.75, 3.05) is 12.9 Å². The largest absolute Gasteiger partial charge is 0.611 e. The van der Waals surface area contributed by atoms with Crippen molar-refractivity contribution in [1.29, 1.82) is 0 Å². The van der Waals surface area contributed by atoms with Gasteiger partial charge in [-0.25, -0.2) is 4.79 Å². The number of ether oxygens (including phenoxy) is 2. The molecular formula is C13H18O4S. The smallest absolute Gasteiger partial charge is 0.357 e. The molecule has 0 amide bonds. The van der Waals surface area contributed by atoms with Gasteiger partial charge in [0.25, 0.3) is 0 Å². The average molecular weight is 270 g/mol. The number of carbonyl (C=O) groups excluding carboxylic acids is 1. The van der Waals surface area contributed by atoms with E-state index in [1.807, 2.05) is 0 Å². The molecule has 0 aliphatic carbocycles. The highest BCUT2D eigenvalue weighted by Gasteiger charge is 2.24. The fourth-order valence-corrected chi connectivity index (χ4v) is 2.40. The zero-order chi connectivity index (χ0) is 13.8. The minimum absolute atomic E-state index is 0.169. The number of benzene rings is 1. The number of hydrogen-bond acceptors (Lipinski definition) is 4. The summed E-state index contributed by atoms with van der Waals surface area (Å²) < 4.78 is 22.3. The molecule has 1 rings (SSSR count). The standard InChI is InChI=1S/C13H18O4S/c1-13(2,3)17-12(14)9-18(15)11-8-6-5-7-10(11)16-4/h5-8H,9H2,1-4H3. The van der Waals surface area contributed by atoms with Crippen LogP contribution in [0, 0.1) is 0 Å². The highest BCUT2D eigenvalue weighted by molar-refractivity contribution is 7.92. The number of methoxy groups -OCH3 is 1. The van der Waals surface area contributed by atoms with E-state index in [0.717, 1.165) is 0 Å². The average Bonchev–Trinajstić information content (AvgIpc) is 2.26. The third-order valence-corrected chi connectivity index (χ3v) is 3.31. The van der Waals surface area contributed by atoms with Crippen LogP contribution in [-0.4, -0.2) is 29.0 Å². The molecule has 1 aromatic carbocycles. The van der Waals surface area contributed by atoms with E-state index in [1.54, 1.807) is 45.0 Å². The van der Waals surface area contributed by atoms with Crippen LogP contribution in [0.1, 0.15) is 20.8 Å². The maximum atomic E-state index is 12.1. The van der Waals surface area contributed by atoms with Gasteiger partial charge >= 0.3 is 5.97 Å². The Hall–Kier alpha value is -1.20. The second kappa shape index (κ2) is 6.11. The third-order valence-electron chi connectivity index (χ3n) is 1.98.